The van der Waals surface area contributed by atoms with Crippen molar-refractivity contribution in [3.8, 4) is 34.3 Å². The van der Waals surface area contributed by atoms with Gasteiger partial charge in [-0.2, -0.15) is 0 Å². The van der Waals surface area contributed by atoms with Gasteiger partial charge in [-0.3, -0.25) is 4.90 Å². The van der Waals surface area contributed by atoms with Crippen molar-refractivity contribution in [3.05, 3.63) is 71.8 Å². The van der Waals surface area contributed by atoms with Crippen LogP contribution in [-0.2, 0) is 13.2 Å². The van der Waals surface area contributed by atoms with Gasteiger partial charge in [0.25, 0.3) is 5.82 Å². The fourth-order valence-corrected chi connectivity index (χ4v) is 4.66. The number of benzene rings is 3. The summed E-state index contributed by atoms with van der Waals surface area (Å²) in [7, 11) is 10.4. The minimum absolute atomic E-state index is 0.216. The van der Waals surface area contributed by atoms with Gasteiger partial charge in [0.15, 0.2) is 29.7 Å². The normalized spacial score (nSPS) is 10.9. The van der Waals surface area contributed by atoms with E-state index in [2.05, 4.69) is 18.2 Å². The standard InChI is InChI=1S/C29H33N2O5/c1-30(2)29-23-17-28(36-6)26(34-4)15-21(23)13-24(31(29)18-32)22-16-27(35-5)25(33-3)14-20(22)12-19-10-8-7-9-11-19/h7-11,13-17,32H,12,18H2,1-6H3/q+1. The molecule has 0 fully saturated rings. The van der Waals surface area contributed by atoms with E-state index in [4.69, 9.17) is 18.9 Å². The second kappa shape index (κ2) is 10.7. The number of rotatable bonds is 9. The van der Waals surface area contributed by atoms with Crippen LogP contribution in [0, 0.1) is 0 Å². The van der Waals surface area contributed by atoms with Gasteiger partial charge in [0.1, 0.15) is 5.69 Å². The first-order valence-corrected chi connectivity index (χ1v) is 11.7. The van der Waals surface area contributed by atoms with E-state index >= 15 is 0 Å². The molecule has 36 heavy (non-hydrogen) atoms. The van der Waals surface area contributed by atoms with Crippen LogP contribution in [0.1, 0.15) is 11.1 Å². The largest absolute Gasteiger partial charge is 0.493 e. The Morgan fingerprint density at radius 1 is 0.750 bits per heavy atom. The van der Waals surface area contributed by atoms with Gasteiger partial charge in [0.05, 0.1) is 47.9 Å². The number of nitrogens with zero attached hydrogens (tertiary/aromatic N) is 2. The van der Waals surface area contributed by atoms with Crippen molar-refractivity contribution in [1.82, 2.24) is 0 Å². The number of hydrogen-bond acceptors (Lipinski definition) is 6. The van der Waals surface area contributed by atoms with Crippen molar-refractivity contribution in [2.24, 2.45) is 0 Å². The topological polar surface area (TPSA) is 64.3 Å². The smallest absolute Gasteiger partial charge is 0.286 e. The van der Waals surface area contributed by atoms with E-state index in [9.17, 15) is 5.11 Å². The van der Waals surface area contributed by atoms with Crippen molar-refractivity contribution in [1.29, 1.82) is 0 Å². The minimum Gasteiger partial charge on any atom is -0.493 e. The molecule has 0 aliphatic rings. The van der Waals surface area contributed by atoms with Crippen LogP contribution in [0.15, 0.2) is 60.7 Å². The molecule has 0 saturated heterocycles. The van der Waals surface area contributed by atoms with Crippen LogP contribution in [0.5, 0.6) is 23.0 Å². The van der Waals surface area contributed by atoms with Gasteiger partial charge >= 0.3 is 0 Å². The van der Waals surface area contributed by atoms with Crippen LogP contribution in [0.25, 0.3) is 22.0 Å². The molecule has 0 amide bonds. The lowest BCUT2D eigenvalue weighted by molar-refractivity contribution is -0.707. The van der Waals surface area contributed by atoms with Crippen molar-refractivity contribution in [2.45, 2.75) is 13.2 Å². The molecule has 188 valence electrons. The average molecular weight is 490 g/mol. The SMILES string of the molecule is COc1cc(Cc2ccccc2)c(-c2cc3cc(OC)c(OC)cc3c(N(C)C)[n+]2CO)cc1OC. The highest BCUT2D eigenvalue weighted by Crippen LogP contribution is 2.40. The molecule has 0 radical (unpaired) electrons. The number of anilines is 1. The molecule has 7 heteroatoms. The number of aromatic nitrogens is 1. The molecule has 1 N–H and O–H groups in total. The summed E-state index contributed by atoms with van der Waals surface area (Å²) in [5, 5.41) is 12.5. The molecule has 7 nitrogen and oxygen atoms in total. The summed E-state index contributed by atoms with van der Waals surface area (Å²) in [6.45, 7) is -0.216. The third-order valence-corrected chi connectivity index (χ3v) is 6.32. The summed E-state index contributed by atoms with van der Waals surface area (Å²) >= 11 is 0. The Morgan fingerprint density at radius 3 is 1.92 bits per heavy atom. The highest BCUT2D eigenvalue weighted by atomic mass is 16.5. The zero-order valence-corrected chi connectivity index (χ0v) is 21.7. The first kappa shape index (κ1) is 25.1. The molecule has 1 aromatic heterocycles. The monoisotopic (exact) mass is 489 g/mol. The summed E-state index contributed by atoms with van der Waals surface area (Å²) in [6, 6.07) is 20.2. The molecule has 0 aliphatic heterocycles. The van der Waals surface area contributed by atoms with Gasteiger partial charge in [-0.25, -0.2) is 4.57 Å². The second-order valence-corrected chi connectivity index (χ2v) is 8.64. The predicted molar refractivity (Wildman–Crippen MR) is 142 cm³/mol. The van der Waals surface area contributed by atoms with Gasteiger partial charge in [-0.05, 0) is 47.2 Å². The molecule has 0 saturated carbocycles. The quantitative estimate of drug-likeness (QED) is 0.351. The van der Waals surface area contributed by atoms with Crippen molar-refractivity contribution >= 4 is 16.6 Å². The first-order chi connectivity index (χ1) is 17.4. The van der Waals surface area contributed by atoms with Crippen LogP contribution in [-0.4, -0.2) is 47.6 Å². The molecule has 0 bridgehead atoms. The summed E-state index contributed by atoms with van der Waals surface area (Å²) in [5.74, 6) is 3.38. The van der Waals surface area contributed by atoms with E-state index < -0.39 is 0 Å². The van der Waals surface area contributed by atoms with Crippen molar-refractivity contribution in [2.75, 3.05) is 47.4 Å². The highest BCUT2D eigenvalue weighted by Gasteiger charge is 2.26. The Morgan fingerprint density at radius 2 is 1.33 bits per heavy atom. The number of ether oxygens (including phenoxy) is 4. The molecule has 4 aromatic rings. The van der Waals surface area contributed by atoms with E-state index in [-0.39, 0.29) is 6.73 Å². The highest BCUT2D eigenvalue weighted by molar-refractivity contribution is 5.95. The number of methoxy groups -OCH3 is 4. The lowest BCUT2D eigenvalue weighted by Crippen LogP contribution is -2.42. The third kappa shape index (κ3) is 4.62. The second-order valence-electron chi connectivity index (χ2n) is 8.64. The lowest BCUT2D eigenvalue weighted by atomic mass is 9.95. The molecule has 0 aliphatic carbocycles. The van der Waals surface area contributed by atoms with Crippen molar-refractivity contribution in [3.63, 3.8) is 0 Å². The maximum absolute atomic E-state index is 10.6. The van der Waals surface area contributed by atoms with Gasteiger partial charge in [-0.1, -0.05) is 30.3 Å². The zero-order chi connectivity index (χ0) is 25.8. The fraction of sp³-hybridized carbons (Fsp3) is 0.276. The van der Waals surface area contributed by atoms with E-state index in [0.29, 0.717) is 29.4 Å². The zero-order valence-electron chi connectivity index (χ0n) is 21.7. The van der Waals surface area contributed by atoms with E-state index in [1.807, 2.05) is 66.0 Å². The number of hydrogen-bond donors (Lipinski definition) is 1. The van der Waals surface area contributed by atoms with Gasteiger partial charge in [0.2, 0.25) is 0 Å². The van der Waals surface area contributed by atoms with Crippen LogP contribution < -0.4 is 28.4 Å². The summed E-state index contributed by atoms with van der Waals surface area (Å²) in [4.78, 5) is 1.99. The summed E-state index contributed by atoms with van der Waals surface area (Å²) < 4.78 is 24.3. The molecular weight excluding hydrogens is 456 g/mol. The number of fused-ring (bicyclic) bond motifs is 1. The number of aliphatic hydroxyl groups is 1. The predicted octanol–water partition coefficient (Wildman–Crippen LogP) is 4.44. The first-order valence-electron chi connectivity index (χ1n) is 11.7. The molecule has 0 atom stereocenters. The summed E-state index contributed by atoms with van der Waals surface area (Å²) in [5.41, 5.74) is 3.99. The van der Waals surface area contributed by atoms with E-state index in [0.717, 1.165) is 33.4 Å². The molecule has 4 rings (SSSR count). The Kier molecular flexibility index (Phi) is 7.50. The van der Waals surface area contributed by atoms with Gasteiger partial charge in [0, 0.05) is 11.6 Å². The maximum Gasteiger partial charge on any atom is 0.286 e. The number of pyridine rings is 1. The molecule has 0 spiro atoms. The van der Waals surface area contributed by atoms with Crippen molar-refractivity contribution < 1.29 is 28.6 Å². The Bertz CT molecular complexity index is 1370. The third-order valence-electron chi connectivity index (χ3n) is 6.32. The van der Waals surface area contributed by atoms with E-state index in [1.54, 1.807) is 28.4 Å². The van der Waals surface area contributed by atoms with Crippen LogP contribution in [0.4, 0.5) is 5.82 Å². The van der Waals surface area contributed by atoms with Crippen LogP contribution >= 0.6 is 0 Å². The van der Waals surface area contributed by atoms with E-state index in [1.165, 1.54) is 5.56 Å². The minimum atomic E-state index is -0.216. The average Bonchev–Trinajstić information content (AvgIpc) is 2.91. The van der Waals surface area contributed by atoms with Gasteiger partial charge < -0.3 is 24.1 Å². The van der Waals surface area contributed by atoms with Crippen LogP contribution in [0.2, 0.25) is 0 Å². The summed E-state index contributed by atoms with van der Waals surface area (Å²) in [6.07, 6.45) is 0.684. The molecule has 3 aromatic carbocycles. The molecule has 1 heterocycles. The Hall–Kier alpha value is -3.97. The number of aliphatic hydroxyl groups excluding tert-OH is 1. The van der Waals surface area contributed by atoms with Crippen LogP contribution in [0.3, 0.4) is 0 Å². The molecule has 0 unspecified atom stereocenters. The fourth-order valence-electron chi connectivity index (χ4n) is 4.66. The Labute approximate surface area is 212 Å². The molecular formula is C29H33N2O5+. The Balaban J connectivity index is 2.07. The lowest BCUT2D eigenvalue weighted by Gasteiger charge is -2.20. The van der Waals surface area contributed by atoms with Gasteiger partial charge in [-0.15, -0.1) is 0 Å². The maximum atomic E-state index is 10.6.